The molecule has 0 radical (unpaired) electrons. The molecule has 0 spiro atoms. The molecule has 1 aromatic carbocycles. The summed E-state index contributed by atoms with van der Waals surface area (Å²) in [6.45, 7) is 7.35. The number of fused-ring (bicyclic) bond motifs is 3. The molecule has 1 saturated carbocycles. The standard InChI is InChI=1S/C19H24O5/c1-9(2)10-8-11-12(15(22)13(10)20)19(24)7-5-6-18(3,4)17(19)16(23)14(11)21/h8-9,17,20,22,24H,5-7H2,1-4H3/t17-,19-/m0/s1. The fourth-order valence-electron chi connectivity index (χ4n) is 4.59. The van der Waals surface area contributed by atoms with E-state index in [2.05, 4.69) is 0 Å². The van der Waals surface area contributed by atoms with Crippen molar-refractivity contribution in [1.29, 1.82) is 0 Å². The van der Waals surface area contributed by atoms with Crippen molar-refractivity contribution in [3.05, 3.63) is 22.8 Å². The van der Waals surface area contributed by atoms with Crippen LogP contribution < -0.4 is 0 Å². The summed E-state index contributed by atoms with van der Waals surface area (Å²) >= 11 is 0. The van der Waals surface area contributed by atoms with Gasteiger partial charge in [0.2, 0.25) is 11.6 Å². The third kappa shape index (κ3) is 2.04. The zero-order valence-corrected chi connectivity index (χ0v) is 14.5. The minimum atomic E-state index is -1.63. The number of aromatic hydroxyl groups is 2. The van der Waals surface area contributed by atoms with Gasteiger partial charge >= 0.3 is 0 Å². The smallest absolute Gasteiger partial charge is 0.229 e. The van der Waals surface area contributed by atoms with E-state index in [4.69, 9.17) is 0 Å². The van der Waals surface area contributed by atoms with Crippen molar-refractivity contribution in [2.45, 2.75) is 58.5 Å². The topological polar surface area (TPSA) is 94.8 Å². The number of Topliss-reactive ketones (excluding diaryl/α,β-unsaturated/α-hetero) is 2. The van der Waals surface area contributed by atoms with E-state index in [9.17, 15) is 24.9 Å². The summed E-state index contributed by atoms with van der Waals surface area (Å²) in [6.07, 6.45) is 1.67. The molecular formula is C19H24O5. The molecule has 0 aliphatic heterocycles. The van der Waals surface area contributed by atoms with Gasteiger partial charge in [0.15, 0.2) is 11.5 Å². The number of hydrogen-bond acceptors (Lipinski definition) is 5. The van der Waals surface area contributed by atoms with Crippen molar-refractivity contribution in [3.8, 4) is 11.5 Å². The zero-order chi connectivity index (χ0) is 18.0. The largest absolute Gasteiger partial charge is 0.504 e. The lowest BCUT2D eigenvalue weighted by atomic mass is 9.54. The molecule has 1 fully saturated rings. The van der Waals surface area contributed by atoms with E-state index in [1.807, 2.05) is 27.7 Å². The molecule has 2 aliphatic rings. The van der Waals surface area contributed by atoms with E-state index >= 15 is 0 Å². The molecule has 2 aliphatic carbocycles. The molecule has 0 amide bonds. The Hall–Kier alpha value is -1.88. The number of phenolic OH excluding ortho intramolecular Hbond substituents is 2. The number of phenols is 2. The average Bonchev–Trinajstić information content (AvgIpc) is 2.46. The van der Waals surface area contributed by atoms with Crippen molar-refractivity contribution in [2.24, 2.45) is 11.3 Å². The summed E-state index contributed by atoms with van der Waals surface area (Å²) < 4.78 is 0. The molecule has 5 heteroatoms. The molecule has 1 aromatic rings. The number of carbonyl (C=O) groups excluding carboxylic acids is 2. The molecule has 2 atom stereocenters. The lowest BCUT2D eigenvalue weighted by Gasteiger charge is -2.51. The minimum absolute atomic E-state index is 0.0202. The molecule has 0 unspecified atom stereocenters. The van der Waals surface area contributed by atoms with E-state index in [0.29, 0.717) is 18.4 Å². The van der Waals surface area contributed by atoms with Crippen LogP contribution in [0.2, 0.25) is 0 Å². The fraction of sp³-hybridized carbons (Fsp3) is 0.579. The van der Waals surface area contributed by atoms with Crippen molar-refractivity contribution >= 4 is 11.6 Å². The lowest BCUT2D eigenvalue weighted by molar-refractivity contribution is -0.150. The molecule has 3 rings (SSSR count). The maximum Gasteiger partial charge on any atom is 0.229 e. The number of rotatable bonds is 1. The Morgan fingerprint density at radius 2 is 1.75 bits per heavy atom. The van der Waals surface area contributed by atoms with Crippen molar-refractivity contribution in [3.63, 3.8) is 0 Å². The first-order chi connectivity index (χ1) is 11.0. The maximum atomic E-state index is 12.8. The Kier molecular flexibility index (Phi) is 3.57. The number of ketones is 2. The molecule has 0 bridgehead atoms. The highest BCUT2D eigenvalue weighted by molar-refractivity contribution is 6.46. The summed E-state index contributed by atoms with van der Waals surface area (Å²) in [5.41, 5.74) is -1.75. The zero-order valence-electron chi connectivity index (χ0n) is 14.5. The fourth-order valence-corrected chi connectivity index (χ4v) is 4.59. The second-order valence-corrected chi connectivity index (χ2v) is 8.13. The van der Waals surface area contributed by atoms with Gasteiger partial charge in [-0.15, -0.1) is 0 Å². The van der Waals surface area contributed by atoms with Crippen LogP contribution >= 0.6 is 0 Å². The van der Waals surface area contributed by atoms with E-state index in [1.54, 1.807) is 0 Å². The van der Waals surface area contributed by atoms with Gasteiger partial charge in [-0.05, 0) is 36.7 Å². The van der Waals surface area contributed by atoms with Gasteiger partial charge in [0, 0.05) is 16.7 Å². The van der Waals surface area contributed by atoms with Crippen LogP contribution in [0.15, 0.2) is 6.07 Å². The predicted octanol–water partition coefficient (Wildman–Crippen LogP) is 3.00. The predicted molar refractivity (Wildman–Crippen MR) is 88.2 cm³/mol. The van der Waals surface area contributed by atoms with Gasteiger partial charge in [-0.2, -0.15) is 0 Å². The molecule has 0 aromatic heterocycles. The highest BCUT2D eigenvalue weighted by Gasteiger charge is 2.59. The van der Waals surface area contributed by atoms with Crippen molar-refractivity contribution in [1.82, 2.24) is 0 Å². The highest BCUT2D eigenvalue weighted by atomic mass is 16.3. The first kappa shape index (κ1) is 17.0. The molecule has 3 N–H and O–H groups in total. The Labute approximate surface area is 141 Å². The van der Waals surface area contributed by atoms with E-state index in [1.165, 1.54) is 6.07 Å². The maximum absolute atomic E-state index is 12.8. The summed E-state index contributed by atoms with van der Waals surface area (Å²) in [5.74, 6) is -3.13. The van der Waals surface area contributed by atoms with Crippen molar-refractivity contribution in [2.75, 3.05) is 0 Å². The van der Waals surface area contributed by atoms with Gasteiger partial charge < -0.3 is 15.3 Å². The number of benzene rings is 1. The second kappa shape index (κ2) is 5.06. The average molecular weight is 332 g/mol. The molecular weight excluding hydrogens is 308 g/mol. The molecule has 130 valence electrons. The van der Waals surface area contributed by atoms with Gasteiger partial charge in [0.1, 0.15) is 5.60 Å². The van der Waals surface area contributed by atoms with Crippen LogP contribution in [-0.2, 0) is 10.4 Å². The minimum Gasteiger partial charge on any atom is -0.504 e. The third-order valence-electron chi connectivity index (χ3n) is 5.73. The van der Waals surface area contributed by atoms with Gasteiger partial charge in [0.25, 0.3) is 0 Å². The molecule has 0 saturated heterocycles. The van der Waals surface area contributed by atoms with E-state index in [0.717, 1.165) is 0 Å². The van der Waals surface area contributed by atoms with Gasteiger partial charge in [-0.1, -0.05) is 27.7 Å². The Bertz CT molecular complexity index is 747. The first-order valence-corrected chi connectivity index (χ1v) is 8.42. The van der Waals surface area contributed by atoms with E-state index < -0.39 is 34.2 Å². The third-order valence-corrected chi connectivity index (χ3v) is 5.73. The van der Waals surface area contributed by atoms with Crippen LogP contribution in [0.5, 0.6) is 11.5 Å². The lowest BCUT2D eigenvalue weighted by Crippen LogP contribution is -2.56. The van der Waals surface area contributed by atoms with Gasteiger partial charge in [-0.25, -0.2) is 0 Å². The Morgan fingerprint density at radius 3 is 2.33 bits per heavy atom. The number of aliphatic hydroxyl groups is 1. The monoisotopic (exact) mass is 332 g/mol. The Balaban J connectivity index is 2.36. The first-order valence-electron chi connectivity index (χ1n) is 8.42. The summed E-state index contributed by atoms with van der Waals surface area (Å²) in [4.78, 5) is 25.5. The molecule has 0 heterocycles. The summed E-state index contributed by atoms with van der Waals surface area (Å²) in [6, 6.07) is 1.45. The highest BCUT2D eigenvalue weighted by Crippen LogP contribution is 2.58. The van der Waals surface area contributed by atoms with Crippen LogP contribution in [0.4, 0.5) is 0 Å². The molecule has 5 nitrogen and oxygen atoms in total. The summed E-state index contributed by atoms with van der Waals surface area (Å²) in [5, 5.41) is 32.3. The number of carbonyl (C=O) groups is 2. The normalized spacial score (nSPS) is 28.7. The van der Waals surface area contributed by atoms with Crippen LogP contribution in [-0.4, -0.2) is 26.9 Å². The second-order valence-electron chi connectivity index (χ2n) is 8.13. The van der Waals surface area contributed by atoms with Crippen molar-refractivity contribution < 1.29 is 24.9 Å². The molecule has 24 heavy (non-hydrogen) atoms. The van der Waals surface area contributed by atoms with Crippen LogP contribution in [0.3, 0.4) is 0 Å². The number of hydrogen-bond donors (Lipinski definition) is 3. The van der Waals surface area contributed by atoms with Crippen LogP contribution in [0, 0.1) is 11.3 Å². The van der Waals surface area contributed by atoms with Crippen LogP contribution in [0.1, 0.15) is 74.4 Å². The quantitative estimate of drug-likeness (QED) is 0.543. The summed E-state index contributed by atoms with van der Waals surface area (Å²) in [7, 11) is 0. The SMILES string of the molecule is CC(C)c1cc2c(c(O)c1O)[C@@]1(O)CCCC(C)(C)[C@@H]1C(=O)C2=O. The van der Waals surface area contributed by atoms with Gasteiger partial charge in [0.05, 0.1) is 5.92 Å². The van der Waals surface area contributed by atoms with E-state index in [-0.39, 0.29) is 29.2 Å². The van der Waals surface area contributed by atoms with Crippen LogP contribution in [0.25, 0.3) is 0 Å². The van der Waals surface area contributed by atoms with Gasteiger partial charge in [-0.3, -0.25) is 9.59 Å². The Morgan fingerprint density at radius 1 is 1.12 bits per heavy atom.